The van der Waals surface area contributed by atoms with E-state index in [1.807, 2.05) is 66.1 Å². The summed E-state index contributed by atoms with van der Waals surface area (Å²) in [5.74, 6) is 3.48. The summed E-state index contributed by atoms with van der Waals surface area (Å²) >= 11 is 5.33. The minimum Gasteiger partial charge on any atom is -0.363 e. The topological polar surface area (TPSA) is 46.8 Å². The van der Waals surface area contributed by atoms with Gasteiger partial charge in [-0.3, -0.25) is 0 Å². The van der Waals surface area contributed by atoms with Gasteiger partial charge in [-0.15, -0.1) is 5.10 Å². The molecule has 0 unspecified atom stereocenters. The van der Waals surface area contributed by atoms with Crippen molar-refractivity contribution in [2.45, 2.75) is 6.42 Å². The fourth-order valence-electron chi connectivity index (χ4n) is 2.42. The van der Waals surface area contributed by atoms with Crippen molar-refractivity contribution in [3.63, 3.8) is 0 Å². The molecule has 0 atom stereocenters. The SMILES string of the molecule is CSCCc1nc(-c2cccc(N(C)C)n2)nn1-c1cccc(Br)c1. The zero-order chi connectivity index (χ0) is 17.8. The van der Waals surface area contributed by atoms with E-state index in [0.29, 0.717) is 5.82 Å². The van der Waals surface area contributed by atoms with Crippen LogP contribution in [0.1, 0.15) is 5.82 Å². The minimum absolute atomic E-state index is 0.653. The van der Waals surface area contributed by atoms with Gasteiger partial charge in [-0.25, -0.2) is 14.6 Å². The number of hydrogen-bond donors (Lipinski definition) is 0. The Balaban J connectivity index is 2.05. The molecule has 2 heterocycles. The number of nitrogens with zero attached hydrogens (tertiary/aromatic N) is 5. The average molecular weight is 418 g/mol. The Morgan fingerprint density at radius 3 is 2.64 bits per heavy atom. The Labute approximate surface area is 160 Å². The molecule has 1 aromatic carbocycles. The fourth-order valence-corrected chi connectivity index (χ4v) is 3.19. The predicted octanol–water partition coefficient (Wildman–Crippen LogP) is 4.06. The quantitative estimate of drug-likeness (QED) is 0.604. The average Bonchev–Trinajstić information content (AvgIpc) is 3.04. The highest BCUT2D eigenvalue weighted by Crippen LogP contribution is 2.21. The summed E-state index contributed by atoms with van der Waals surface area (Å²) in [6, 6.07) is 14.0. The molecule has 0 saturated carbocycles. The van der Waals surface area contributed by atoms with Crippen molar-refractivity contribution < 1.29 is 0 Å². The Morgan fingerprint density at radius 2 is 1.92 bits per heavy atom. The van der Waals surface area contributed by atoms with E-state index in [4.69, 9.17) is 10.1 Å². The number of aryl methyl sites for hydroxylation is 1. The van der Waals surface area contributed by atoms with Crippen LogP contribution in [0.5, 0.6) is 0 Å². The summed E-state index contributed by atoms with van der Waals surface area (Å²) in [5.41, 5.74) is 1.78. The van der Waals surface area contributed by atoms with Crippen LogP contribution in [-0.2, 0) is 6.42 Å². The van der Waals surface area contributed by atoms with E-state index in [2.05, 4.69) is 27.2 Å². The lowest BCUT2D eigenvalue weighted by atomic mass is 10.3. The number of benzene rings is 1. The molecule has 0 radical (unpaired) electrons. The van der Waals surface area contributed by atoms with E-state index in [0.717, 1.165) is 39.7 Å². The second-order valence-corrected chi connectivity index (χ2v) is 7.66. The van der Waals surface area contributed by atoms with Crippen LogP contribution in [0.15, 0.2) is 46.9 Å². The van der Waals surface area contributed by atoms with E-state index in [-0.39, 0.29) is 0 Å². The third-order valence-corrected chi connectivity index (χ3v) is 4.78. The summed E-state index contributed by atoms with van der Waals surface area (Å²) in [7, 11) is 3.95. The van der Waals surface area contributed by atoms with Crippen LogP contribution in [0.3, 0.4) is 0 Å². The van der Waals surface area contributed by atoms with Crippen molar-refractivity contribution >= 4 is 33.5 Å². The van der Waals surface area contributed by atoms with Gasteiger partial charge in [0.1, 0.15) is 17.3 Å². The standard InChI is InChI=1S/C18H20BrN5S/c1-23(2)16-9-5-8-15(20-16)18-21-17(10-11-25-3)24(22-18)14-7-4-6-13(19)12-14/h4-9,12H,10-11H2,1-3H3. The van der Waals surface area contributed by atoms with Crippen molar-refractivity contribution in [3.8, 4) is 17.2 Å². The third kappa shape index (κ3) is 4.22. The minimum atomic E-state index is 0.653. The summed E-state index contributed by atoms with van der Waals surface area (Å²) in [6.07, 6.45) is 2.96. The first-order chi connectivity index (χ1) is 12.1. The van der Waals surface area contributed by atoms with Crippen LogP contribution < -0.4 is 4.90 Å². The number of aromatic nitrogens is 4. The van der Waals surface area contributed by atoms with Crippen LogP contribution in [-0.4, -0.2) is 45.9 Å². The van der Waals surface area contributed by atoms with Gasteiger partial charge >= 0.3 is 0 Å². The van der Waals surface area contributed by atoms with Crippen LogP contribution in [0.4, 0.5) is 5.82 Å². The molecule has 0 saturated heterocycles. The van der Waals surface area contributed by atoms with Gasteiger partial charge in [0.05, 0.1) is 5.69 Å². The van der Waals surface area contributed by atoms with Gasteiger partial charge in [-0.05, 0) is 36.6 Å². The Bertz CT molecular complexity index is 862. The summed E-state index contributed by atoms with van der Waals surface area (Å²) in [5, 5.41) is 4.74. The highest BCUT2D eigenvalue weighted by Gasteiger charge is 2.14. The molecule has 7 heteroatoms. The number of pyridine rings is 1. The lowest BCUT2D eigenvalue weighted by molar-refractivity contribution is 0.805. The van der Waals surface area contributed by atoms with Crippen LogP contribution in [0, 0.1) is 0 Å². The maximum absolute atomic E-state index is 4.77. The van der Waals surface area contributed by atoms with E-state index < -0.39 is 0 Å². The van der Waals surface area contributed by atoms with Gasteiger partial charge in [-0.1, -0.05) is 28.1 Å². The molecular formula is C18H20BrN5S. The number of anilines is 1. The molecule has 0 amide bonds. The van der Waals surface area contributed by atoms with Crippen molar-refractivity contribution in [2.75, 3.05) is 31.0 Å². The molecule has 3 rings (SSSR count). The fraction of sp³-hybridized carbons (Fsp3) is 0.278. The summed E-state index contributed by atoms with van der Waals surface area (Å²) in [4.78, 5) is 11.4. The van der Waals surface area contributed by atoms with E-state index in [1.54, 1.807) is 11.8 Å². The first kappa shape index (κ1) is 17.9. The van der Waals surface area contributed by atoms with Gasteiger partial charge < -0.3 is 4.90 Å². The molecule has 0 N–H and O–H groups in total. The first-order valence-corrected chi connectivity index (χ1v) is 10.1. The lowest BCUT2D eigenvalue weighted by Crippen LogP contribution is -2.10. The van der Waals surface area contributed by atoms with Gasteiger partial charge in [0.25, 0.3) is 0 Å². The van der Waals surface area contributed by atoms with Gasteiger partial charge in [-0.2, -0.15) is 11.8 Å². The molecule has 0 fully saturated rings. The molecule has 0 spiro atoms. The van der Waals surface area contributed by atoms with E-state index in [9.17, 15) is 0 Å². The van der Waals surface area contributed by atoms with Crippen LogP contribution in [0.2, 0.25) is 0 Å². The molecule has 0 bridgehead atoms. The zero-order valence-corrected chi connectivity index (χ0v) is 16.9. The molecule has 0 aliphatic heterocycles. The second kappa shape index (κ2) is 8.01. The molecule has 0 aliphatic rings. The normalized spacial score (nSPS) is 10.9. The molecule has 2 aromatic heterocycles. The highest BCUT2D eigenvalue weighted by atomic mass is 79.9. The number of rotatable bonds is 6. The largest absolute Gasteiger partial charge is 0.363 e. The maximum Gasteiger partial charge on any atom is 0.200 e. The molecular weight excluding hydrogens is 398 g/mol. The lowest BCUT2D eigenvalue weighted by Gasteiger charge is -2.10. The van der Waals surface area contributed by atoms with Crippen molar-refractivity contribution in [1.82, 2.24) is 19.7 Å². The molecule has 0 aliphatic carbocycles. The Hall–Kier alpha value is -1.86. The van der Waals surface area contributed by atoms with Crippen molar-refractivity contribution in [1.29, 1.82) is 0 Å². The van der Waals surface area contributed by atoms with Crippen molar-refractivity contribution in [2.24, 2.45) is 0 Å². The van der Waals surface area contributed by atoms with Gasteiger partial charge in [0, 0.05) is 30.7 Å². The van der Waals surface area contributed by atoms with E-state index in [1.165, 1.54) is 0 Å². The smallest absolute Gasteiger partial charge is 0.200 e. The Morgan fingerprint density at radius 1 is 1.12 bits per heavy atom. The van der Waals surface area contributed by atoms with Gasteiger partial charge in [0.15, 0.2) is 0 Å². The zero-order valence-electron chi connectivity index (χ0n) is 14.5. The second-order valence-electron chi connectivity index (χ2n) is 5.76. The molecule has 130 valence electrons. The van der Waals surface area contributed by atoms with E-state index >= 15 is 0 Å². The third-order valence-electron chi connectivity index (χ3n) is 3.68. The van der Waals surface area contributed by atoms with Crippen molar-refractivity contribution in [3.05, 3.63) is 52.8 Å². The summed E-state index contributed by atoms with van der Waals surface area (Å²) < 4.78 is 2.94. The Kier molecular flexibility index (Phi) is 5.75. The number of thioether (sulfide) groups is 1. The molecule has 5 nitrogen and oxygen atoms in total. The monoisotopic (exact) mass is 417 g/mol. The van der Waals surface area contributed by atoms with Crippen LogP contribution >= 0.6 is 27.7 Å². The number of hydrogen-bond acceptors (Lipinski definition) is 5. The molecule has 25 heavy (non-hydrogen) atoms. The van der Waals surface area contributed by atoms with Gasteiger partial charge in [0.2, 0.25) is 5.82 Å². The number of halogens is 1. The predicted molar refractivity (Wildman–Crippen MR) is 109 cm³/mol. The molecule has 3 aromatic rings. The highest BCUT2D eigenvalue weighted by molar-refractivity contribution is 9.10. The maximum atomic E-state index is 4.77. The first-order valence-electron chi connectivity index (χ1n) is 7.94. The van der Waals surface area contributed by atoms with Crippen LogP contribution in [0.25, 0.3) is 17.2 Å². The summed E-state index contributed by atoms with van der Waals surface area (Å²) in [6.45, 7) is 0.